The van der Waals surface area contributed by atoms with Crippen LogP contribution in [0.1, 0.15) is 47.6 Å². The number of aryl methyl sites for hydroxylation is 1. The van der Waals surface area contributed by atoms with E-state index in [1.54, 1.807) is 6.07 Å². The second kappa shape index (κ2) is 9.31. The molecule has 6 atom stereocenters. The molecule has 33 heavy (non-hydrogen) atoms. The van der Waals surface area contributed by atoms with Gasteiger partial charge in [-0.15, -0.1) is 0 Å². The van der Waals surface area contributed by atoms with Crippen LogP contribution in [0, 0.1) is 6.92 Å². The Morgan fingerprint density at radius 1 is 1.06 bits per heavy atom. The molecule has 0 bridgehead atoms. The maximum Gasteiger partial charge on any atom is 0.222 e. The quantitative estimate of drug-likeness (QED) is 0.354. The van der Waals surface area contributed by atoms with Gasteiger partial charge < -0.3 is 40.1 Å². The van der Waals surface area contributed by atoms with Gasteiger partial charge in [-0.05, 0) is 73.6 Å². The number of aliphatic hydroxyl groups excluding tert-OH is 5. The van der Waals surface area contributed by atoms with Gasteiger partial charge in [0.05, 0.1) is 18.8 Å². The number of ether oxygens (including phenoxy) is 2. The van der Waals surface area contributed by atoms with E-state index in [0.717, 1.165) is 29.7 Å². The molecule has 4 rings (SSSR count). The van der Waals surface area contributed by atoms with Crippen molar-refractivity contribution in [2.75, 3.05) is 0 Å². The van der Waals surface area contributed by atoms with Crippen LogP contribution in [-0.4, -0.2) is 67.3 Å². The van der Waals surface area contributed by atoms with Gasteiger partial charge in [0.25, 0.3) is 0 Å². The highest BCUT2D eigenvalue weighted by atomic mass is 16.7. The van der Waals surface area contributed by atoms with E-state index < -0.39 is 36.3 Å². The summed E-state index contributed by atoms with van der Waals surface area (Å²) in [6.07, 6.45) is -5.00. The Morgan fingerprint density at radius 2 is 1.73 bits per heavy atom. The first-order chi connectivity index (χ1) is 15.6. The predicted octanol–water partition coefficient (Wildman–Crippen LogP) is 0.627. The minimum absolute atomic E-state index is 0.161. The van der Waals surface area contributed by atoms with Gasteiger partial charge >= 0.3 is 0 Å². The predicted molar refractivity (Wildman–Crippen MR) is 118 cm³/mol. The summed E-state index contributed by atoms with van der Waals surface area (Å²) in [5, 5.41) is 62.7. The first-order valence-electron chi connectivity index (χ1n) is 11.3. The Hall–Kier alpha value is -2.04. The summed E-state index contributed by atoms with van der Waals surface area (Å²) in [6.45, 7) is 2.87. The normalized spacial score (nSPS) is 30.8. The zero-order valence-electron chi connectivity index (χ0n) is 18.8. The van der Waals surface area contributed by atoms with E-state index in [1.165, 1.54) is 13.0 Å². The molecule has 1 aliphatic carbocycles. The molecule has 8 nitrogen and oxygen atoms in total. The second-order valence-electron chi connectivity index (χ2n) is 9.18. The lowest BCUT2D eigenvalue weighted by atomic mass is 9.82. The Morgan fingerprint density at radius 3 is 2.30 bits per heavy atom. The van der Waals surface area contributed by atoms with Crippen molar-refractivity contribution >= 4 is 0 Å². The van der Waals surface area contributed by atoms with Gasteiger partial charge in [-0.3, -0.25) is 0 Å². The summed E-state index contributed by atoms with van der Waals surface area (Å²) in [4.78, 5) is 0. The van der Waals surface area contributed by atoms with Gasteiger partial charge in [-0.2, -0.15) is 0 Å². The molecule has 1 heterocycles. The molecule has 1 saturated carbocycles. The van der Waals surface area contributed by atoms with Gasteiger partial charge in [0.15, 0.2) is 0 Å². The summed E-state index contributed by atoms with van der Waals surface area (Å²) in [5.41, 5.74) is 2.94. The molecular formula is C25H32O8. The third kappa shape index (κ3) is 4.79. The molecule has 2 fully saturated rings. The molecule has 180 valence electrons. The summed E-state index contributed by atoms with van der Waals surface area (Å²) in [6, 6.07) is 10.9. The molecule has 1 saturated heterocycles. The first-order valence-corrected chi connectivity index (χ1v) is 11.3. The topological polar surface area (TPSA) is 140 Å². The van der Waals surface area contributed by atoms with Crippen LogP contribution in [0.2, 0.25) is 0 Å². The van der Waals surface area contributed by atoms with E-state index in [0.29, 0.717) is 23.7 Å². The number of benzene rings is 2. The van der Waals surface area contributed by atoms with E-state index in [4.69, 9.17) is 9.47 Å². The second-order valence-corrected chi connectivity index (χ2v) is 9.18. The van der Waals surface area contributed by atoms with Crippen LogP contribution in [0.4, 0.5) is 0 Å². The minimum Gasteiger partial charge on any atom is -0.490 e. The largest absolute Gasteiger partial charge is 0.490 e. The number of hydrogen-bond acceptors (Lipinski definition) is 8. The van der Waals surface area contributed by atoms with Crippen LogP contribution < -0.4 is 4.74 Å². The highest BCUT2D eigenvalue weighted by Crippen LogP contribution is 2.40. The van der Waals surface area contributed by atoms with E-state index in [1.807, 2.05) is 31.2 Å². The van der Waals surface area contributed by atoms with Crippen LogP contribution in [0.25, 0.3) is 0 Å². The van der Waals surface area contributed by atoms with Crippen molar-refractivity contribution in [2.45, 2.75) is 82.1 Å². The van der Waals surface area contributed by atoms with E-state index in [-0.39, 0.29) is 12.2 Å². The highest BCUT2D eigenvalue weighted by Gasteiger charge is 2.55. The lowest BCUT2D eigenvalue weighted by Crippen LogP contribution is -2.65. The van der Waals surface area contributed by atoms with E-state index in [9.17, 15) is 30.6 Å². The van der Waals surface area contributed by atoms with Crippen molar-refractivity contribution in [3.05, 3.63) is 64.2 Å². The summed E-state index contributed by atoms with van der Waals surface area (Å²) >= 11 is 0. The van der Waals surface area contributed by atoms with Gasteiger partial charge in [-0.1, -0.05) is 18.2 Å². The van der Waals surface area contributed by atoms with Crippen LogP contribution in [0.5, 0.6) is 5.75 Å². The molecule has 0 radical (unpaired) electrons. The Balaban J connectivity index is 1.73. The number of rotatable bonds is 7. The van der Waals surface area contributed by atoms with Crippen molar-refractivity contribution < 1.29 is 40.1 Å². The molecule has 1 aliphatic heterocycles. The summed E-state index contributed by atoms with van der Waals surface area (Å²) in [5.74, 6) is -1.63. The van der Waals surface area contributed by atoms with Crippen LogP contribution in [-0.2, 0) is 23.6 Å². The lowest BCUT2D eigenvalue weighted by Gasteiger charge is -2.47. The number of aliphatic hydroxyl groups is 6. The van der Waals surface area contributed by atoms with Gasteiger partial charge in [-0.25, -0.2) is 0 Å². The Labute approximate surface area is 192 Å². The van der Waals surface area contributed by atoms with Crippen molar-refractivity contribution in [3.8, 4) is 5.75 Å². The third-order valence-electron chi connectivity index (χ3n) is 6.43. The third-order valence-corrected chi connectivity index (χ3v) is 6.43. The smallest absolute Gasteiger partial charge is 0.222 e. The van der Waals surface area contributed by atoms with E-state index in [2.05, 4.69) is 0 Å². The van der Waals surface area contributed by atoms with Crippen LogP contribution in [0.3, 0.4) is 0 Å². The fourth-order valence-corrected chi connectivity index (χ4v) is 4.37. The maximum absolute atomic E-state index is 11.5. The van der Waals surface area contributed by atoms with Gasteiger partial charge in [0.1, 0.15) is 30.2 Å². The molecule has 0 aromatic heterocycles. The van der Waals surface area contributed by atoms with E-state index >= 15 is 0 Å². The SMILES string of the molecule is Cc1cc(CO)cc([C@@]2(O)O[C@H]([C@H](C)O)[C@@H](O)[C@H](O)[C@H]2O)c1Cc1ccc(OC2CC2)cc1. The number of hydrogen-bond donors (Lipinski definition) is 6. The Bertz CT molecular complexity index is 971. The summed E-state index contributed by atoms with van der Waals surface area (Å²) in [7, 11) is 0. The van der Waals surface area contributed by atoms with Gasteiger partial charge in [0.2, 0.25) is 5.79 Å². The first kappa shape index (κ1) is 24.1. The van der Waals surface area contributed by atoms with Crippen LogP contribution >= 0.6 is 0 Å². The standard InChI is InChI=1S/C25H32O8/c1-13-9-16(12-26)11-20(25(31)24(30)22(29)21(28)23(33-25)14(2)27)19(13)10-15-3-5-17(6-4-15)32-18-7-8-18/h3-6,9,11,14,18,21-24,26-31H,7-8,10,12H2,1-2H3/t14-,21-,22-,23+,24+,25+/m0/s1. The fourth-order valence-electron chi connectivity index (χ4n) is 4.37. The van der Waals surface area contributed by atoms with Crippen molar-refractivity contribution in [2.24, 2.45) is 0 Å². The molecule has 6 N–H and O–H groups in total. The highest BCUT2D eigenvalue weighted by molar-refractivity contribution is 5.45. The average Bonchev–Trinajstić information content (AvgIpc) is 3.61. The maximum atomic E-state index is 11.5. The van der Waals surface area contributed by atoms with Crippen LogP contribution in [0.15, 0.2) is 36.4 Å². The molecule has 2 aliphatic rings. The molecule has 0 spiro atoms. The zero-order chi connectivity index (χ0) is 23.9. The van der Waals surface area contributed by atoms with Crippen molar-refractivity contribution in [3.63, 3.8) is 0 Å². The molecule has 8 heteroatoms. The average molecular weight is 461 g/mol. The molecular weight excluding hydrogens is 428 g/mol. The van der Waals surface area contributed by atoms with Gasteiger partial charge in [0, 0.05) is 5.56 Å². The lowest BCUT2D eigenvalue weighted by molar-refractivity contribution is -0.364. The molecule has 0 amide bonds. The molecule has 0 unspecified atom stereocenters. The molecule has 2 aromatic carbocycles. The monoisotopic (exact) mass is 460 g/mol. The summed E-state index contributed by atoms with van der Waals surface area (Å²) < 4.78 is 11.5. The zero-order valence-corrected chi connectivity index (χ0v) is 18.8. The Kier molecular flexibility index (Phi) is 6.80. The van der Waals surface area contributed by atoms with Crippen molar-refractivity contribution in [1.82, 2.24) is 0 Å². The molecule has 2 aromatic rings. The van der Waals surface area contributed by atoms with Crippen molar-refractivity contribution in [1.29, 1.82) is 0 Å². The fraction of sp³-hybridized carbons (Fsp3) is 0.520. The minimum atomic E-state index is -2.42.